The molecule has 31 heavy (non-hydrogen) atoms. The maximum absolute atomic E-state index is 12.9. The molecule has 0 atom stereocenters. The molecule has 162 valence electrons. The summed E-state index contributed by atoms with van der Waals surface area (Å²) in [5.41, 5.74) is 2.69. The van der Waals surface area contributed by atoms with E-state index < -0.39 is 0 Å². The molecule has 3 heterocycles. The average molecular weight is 438 g/mol. The van der Waals surface area contributed by atoms with Crippen molar-refractivity contribution in [2.24, 2.45) is 0 Å². The monoisotopic (exact) mass is 437 g/mol. The van der Waals surface area contributed by atoms with E-state index >= 15 is 0 Å². The summed E-state index contributed by atoms with van der Waals surface area (Å²) in [4.78, 5) is 26.3. The zero-order chi connectivity index (χ0) is 21.5. The molecule has 0 spiro atoms. The van der Waals surface area contributed by atoms with E-state index in [9.17, 15) is 4.79 Å². The lowest BCUT2D eigenvalue weighted by molar-refractivity contribution is 0.0950. The summed E-state index contributed by atoms with van der Waals surface area (Å²) in [6.45, 7) is 7.82. The van der Waals surface area contributed by atoms with E-state index in [2.05, 4.69) is 48.3 Å². The van der Waals surface area contributed by atoms with E-state index in [1.165, 1.54) is 18.1 Å². The summed E-state index contributed by atoms with van der Waals surface area (Å²) in [6, 6.07) is 11.7. The topological polar surface area (TPSA) is 90.0 Å². The second-order valence-electron chi connectivity index (χ2n) is 7.36. The molecule has 1 aliphatic rings. The first-order chi connectivity index (χ1) is 15.2. The summed E-state index contributed by atoms with van der Waals surface area (Å²) in [6.07, 6.45) is 3.30. The van der Waals surface area contributed by atoms with E-state index in [-0.39, 0.29) is 5.91 Å². The Balaban J connectivity index is 1.36. The Morgan fingerprint density at radius 1 is 1.16 bits per heavy atom. The summed E-state index contributed by atoms with van der Waals surface area (Å²) in [5.74, 6) is 1.54. The largest absolute Gasteiger partial charge is 0.354 e. The molecule has 4 rings (SSSR count). The highest BCUT2D eigenvalue weighted by molar-refractivity contribution is 7.98. The van der Waals surface area contributed by atoms with Gasteiger partial charge < -0.3 is 15.1 Å². The van der Waals surface area contributed by atoms with Crippen molar-refractivity contribution < 1.29 is 4.79 Å². The molecule has 0 bridgehead atoms. The van der Waals surface area contributed by atoms with Crippen LogP contribution in [0.5, 0.6) is 0 Å². The minimum Gasteiger partial charge on any atom is -0.354 e. The number of carbonyl (C=O) groups is 1. The normalized spacial score (nSPS) is 14.5. The predicted octanol–water partition coefficient (Wildman–Crippen LogP) is 2.56. The van der Waals surface area contributed by atoms with Crippen molar-refractivity contribution >= 4 is 23.5 Å². The van der Waals surface area contributed by atoms with Gasteiger partial charge >= 0.3 is 0 Å². The standard InChI is InChI=1S/C22H27N7OS/c1-2-28-9-11-29(12-10-28)20-13-17(7-8-23-20)14-24-21(30)19-6-4-3-5-18(19)15-31-22-25-16-26-27-22/h3-8,13,16H,2,9-12,14-15H2,1H3,(H,24,30)(H,25,26,27). The smallest absolute Gasteiger partial charge is 0.251 e. The number of nitrogens with zero attached hydrogens (tertiary/aromatic N) is 5. The van der Waals surface area contributed by atoms with Crippen LogP contribution < -0.4 is 10.2 Å². The van der Waals surface area contributed by atoms with Gasteiger partial charge in [-0.2, -0.15) is 5.10 Å². The van der Waals surface area contributed by atoms with Crippen LogP contribution in [0.25, 0.3) is 0 Å². The summed E-state index contributed by atoms with van der Waals surface area (Å²) >= 11 is 1.52. The summed E-state index contributed by atoms with van der Waals surface area (Å²) in [7, 11) is 0. The molecule has 1 aliphatic heterocycles. The number of anilines is 1. The Morgan fingerprint density at radius 3 is 2.77 bits per heavy atom. The maximum atomic E-state index is 12.9. The fraction of sp³-hybridized carbons (Fsp3) is 0.364. The maximum Gasteiger partial charge on any atom is 0.251 e. The Morgan fingerprint density at radius 2 is 2.00 bits per heavy atom. The lowest BCUT2D eigenvalue weighted by Crippen LogP contribution is -2.46. The van der Waals surface area contributed by atoms with Gasteiger partial charge in [0.2, 0.25) is 0 Å². The van der Waals surface area contributed by atoms with Crippen LogP contribution >= 0.6 is 11.8 Å². The number of rotatable bonds is 8. The minimum absolute atomic E-state index is 0.0799. The lowest BCUT2D eigenvalue weighted by atomic mass is 10.1. The number of likely N-dealkylation sites (N-methyl/N-ethyl adjacent to an activating group) is 1. The third kappa shape index (κ3) is 5.62. The highest BCUT2D eigenvalue weighted by Crippen LogP contribution is 2.21. The minimum atomic E-state index is -0.0799. The van der Waals surface area contributed by atoms with Crippen LogP contribution in [0.4, 0.5) is 5.82 Å². The fourth-order valence-corrected chi connectivity index (χ4v) is 4.37. The highest BCUT2D eigenvalue weighted by Gasteiger charge is 2.17. The molecule has 1 saturated heterocycles. The summed E-state index contributed by atoms with van der Waals surface area (Å²) in [5, 5.41) is 10.5. The molecular formula is C22H27N7OS. The van der Waals surface area contributed by atoms with E-state index in [1.54, 1.807) is 0 Å². The molecule has 2 N–H and O–H groups in total. The Bertz CT molecular complexity index is 987. The van der Waals surface area contributed by atoms with Gasteiger partial charge in [-0.1, -0.05) is 36.9 Å². The van der Waals surface area contributed by atoms with Crippen molar-refractivity contribution in [1.82, 2.24) is 30.4 Å². The number of aromatic nitrogens is 4. The van der Waals surface area contributed by atoms with Crippen LogP contribution in [0.2, 0.25) is 0 Å². The number of hydrogen-bond donors (Lipinski definition) is 2. The number of pyridine rings is 1. The van der Waals surface area contributed by atoms with Gasteiger partial charge in [0.1, 0.15) is 12.1 Å². The van der Waals surface area contributed by atoms with Gasteiger partial charge in [-0.3, -0.25) is 9.89 Å². The Labute approximate surface area is 186 Å². The number of H-pyrrole nitrogens is 1. The summed E-state index contributed by atoms with van der Waals surface area (Å²) < 4.78 is 0. The van der Waals surface area contributed by atoms with Crippen molar-refractivity contribution in [3.8, 4) is 0 Å². The molecule has 2 aromatic heterocycles. The van der Waals surface area contributed by atoms with E-state index in [4.69, 9.17) is 0 Å². The Hall–Kier alpha value is -2.91. The van der Waals surface area contributed by atoms with Crippen molar-refractivity contribution in [3.05, 3.63) is 65.6 Å². The number of nitrogens with one attached hydrogen (secondary N) is 2. The van der Waals surface area contributed by atoms with E-state index in [0.29, 0.717) is 17.9 Å². The van der Waals surface area contributed by atoms with Gasteiger partial charge in [0.15, 0.2) is 5.16 Å². The first-order valence-electron chi connectivity index (χ1n) is 10.5. The van der Waals surface area contributed by atoms with E-state index in [1.807, 2.05) is 36.5 Å². The molecule has 3 aromatic rings. The molecule has 1 aromatic carbocycles. The Kier molecular flexibility index (Phi) is 7.16. The number of amides is 1. The molecule has 0 aliphatic carbocycles. The second-order valence-corrected chi connectivity index (χ2v) is 8.33. The third-order valence-electron chi connectivity index (χ3n) is 5.43. The second kappa shape index (κ2) is 10.4. The zero-order valence-electron chi connectivity index (χ0n) is 17.6. The molecule has 8 nitrogen and oxygen atoms in total. The van der Waals surface area contributed by atoms with Crippen LogP contribution in [0, 0.1) is 0 Å². The molecular weight excluding hydrogens is 410 g/mol. The number of aromatic amines is 1. The first-order valence-corrected chi connectivity index (χ1v) is 11.5. The van der Waals surface area contributed by atoms with Gasteiger partial charge in [0, 0.05) is 50.2 Å². The lowest BCUT2D eigenvalue weighted by Gasteiger charge is -2.34. The number of hydrogen-bond acceptors (Lipinski definition) is 7. The molecule has 9 heteroatoms. The average Bonchev–Trinajstić information content (AvgIpc) is 3.35. The quantitative estimate of drug-likeness (QED) is 0.524. The van der Waals surface area contributed by atoms with Crippen LogP contribution in [-0.2, 0) is 12.3 Å². The van der Waals surface area contributed by atoms with Crippen molar-refractivity contribution in [3.63, 3.8) is 0 Å². The molecule has 0 saturated carbocycles. The zero-order valence-corrected chi connectivity index (χ0v) is 18.4. The fourth-order valence-electron chi connectivity index (χ4n) is 3.59. The van der Waals surface area contributed by atoms with Crippen molar-refractivity contribution in [1.29, 1.82) is 0 Å². The number of benzene rings is 1. The van der Waals surface area contributed by atoms with Crippen LogP contribution in [0.1, 0.15) is 28.4 Å². The van der Waals surface area contributed by atoms with Gasteiger partial charge in [-0.25, -0.2) is 9.97 Å². The SMILES string of the molecule is CCN1CCN(c2cc(CNC(=O)c3ccccc3CSc3ncn[nH]3)ccn2)CC1. The van der Waals surface area contributed by atoms with Crippen LogP contribution in [0.3, 0.4) is 0 Å². The van der Waals surface area contributed by atoms with Gasteiger partial charge in [-0.05, 0) is 35.9 Å². The van der Waals surface area contributed by atoms with Crippen LogP contribution in [-0.4, -0.2) is 63.7 Å². The van der Waals surface area contributed by atoms with Crippen molar-refractivity contribution in [2.45, 2.75) is 24.4 Å². The first kappa shape index (κ1) is 21.3. The van der Waals surface area contributed by atoms with Gasteiger partial charge in [-0.15, -0.1) is 0 Å². The van der Waals surface area contributed by atoms with Gasteiger partial charge in [0.25, 0.3) is 5.91 Å². The molecule has 0 radical (unpaired) electrons. The number of piperazine rings is 1. The van der Waals surface area contributed by atoms with Crippen LogP contribution in [0.15, 0.2) is 54.1 Å². The predicted molar refractivity (Wildman–Crippen MR) is 122 cm³/mol. The molecule has 1 fully saturated rings. The number of thioether (sulfide) groups is 1. The van der Waals surface area contributed by atoms with Gasteiger partial charge in [0.05, 0.1) is 0 Å². The third-order valence-corrected chi connectivity index (χ3v) is 6.35. The highest BCUT2D eigenvalue weighted by atomic mass is 32.2. The molecule has 1 amide bonds. The number of carbonyl (C=O) groups excluding carboxylic acids is 1. The molecule has 0 unspecified atom stereocenters. The van der Waals surface area contributed by atoms with E-state index in [0.717, 1.165) is 54.8 Å². The van der Waals surface area contributed by atoms with Crippen molar-refractivity contribution in [2.75, 3.05) is 37.6 Å².